The molecule has 0 heterocycles. The van der Waals surface area contributed by atoms with Crippen molar-refractivity contribution in [3.05, 3.63) is 33.9 Å². The van der Waals surface area contributed by atoms with Crippen molar-refractivity contribution in [1.29, 1.82) is 0 Å². The first-order chi connectivity index (χ1) is 8.58. The van der Waals surface area contributed by atoms with Crippen molar-refractivity contribution in [2.24, 2.45) is 5.92 Å². The van der Waals surface area contributed by atoms with Crippen LogP contribution in [0.5, 0.6) is 5.75 Å². The van der Waals surface area contributed by atoms with Gasteiger partial charge in [-0.2, -0.15) is 0 Å². The van der Waals surface area contributed by atoms with E-state index in [2.05, 4.69) is 13.8 Å². The molecule has 100 valence electrons. The Kier molecular flexibility index (Phi) is 5.92. The monoisotopic (exact) mass is 271 g/mol. The fraction of sp³-hybridized carbons (Fsp3) is 0.538. The average molecular weight is 272 g/mol. The second-order valence-electron chi connectivity index (χ2n) is 4.39. The molecule has 4 nitrogen and oxygen atoms in total. The van der Waals surface area contributed by atoms with Gasteiger partial charge >= 0.3 is 0 Å². The van der Waals surface area contributed by atoms with Crippen LogP contribution in [0.15, 0.2) is 18.2 Å². The maximum absolute atomic E-state index is 10.7. The van der Waals surface area contributed by atoms with Crippen LogP contribution in [0.1, 0.15) is 32.3 Å². The van der Waals surface area contributed by atoms with Crippen LogP contribution in [0.2, 0.25) is 0 Å². The van der Waals surface area contributed by atoms with Crippen LogP contribution in [0.3, 0.4) is 0 Å². The first kappa shape index (κ1) is 14.8. The minimum Gasteiger partial charge on any atom is -0.493 e. The van der Waals surface area contributed by atoms with Crippen LogP contribution in [0.4, 0.5) is 5.69 Å². The zero-order valence-corrected chi connectivity index (χ0v) is 11.4. The van der Waals surface area contributed by atoms with Gasteiger partial charge in [-0.3, -0.25) is 10.1 Å². The maximum Gasteiger partial charge on any atom is 0.270 e. The quantitative estimate of drug-likeness (QED) is 0.425. The van der Waals surface area contributed by atoms with Gasteiger partial charge in [0.1, 0.15) is 5.75 Å². The Bertz CT molecular complexity index is 409. The van der Waals surface area contributed by atoms with Crippen molar-refractivity contribution in [2.75, 3.05) is 6.61 Å². The molecule has 1 aromatic rings. The lowest BCUT2D eigenvalue weighted by Gasteiger charge is -2.14. The number of nitro benzene ring substituents is 1. The van der Waals surface area contributed by atoms with Gasteiger partial charge in [-0.1, -0.05) is 20.3 Å². The van der Waals surface area contributed by atoms with E-state index >= 15 is 0 Å². The van der Waals surface area contributed by atoms with E-state index in [4.69, 9.17) is 16.3 Å². The Labute approximate surface area is 112 Å². The van der Waals surface area contributed by atoms with Crippen LogP contribution in [0, 0.1) is 16.0 Å². The lowest BCUT2D eigenvalue weighted by molar-refractivity contribution is -0.384. The van der Waals surface area contributed by atoms with Gasteiger partial charge in [-0.25, -0.2) is 0 Å². The molecule has 0 radical (unpaired) electrons. The Hall–Kier alpha value is -1.29. The van der Waals surface area contributed by atoms with E-state index in [-0.39, 0.29) is 11.6 Å². The third-order valence-corrected chi connectivity index (χ3v) is 2.99. The molecule has 0 saturated carbocycles. The molecule has 5 heteroatoms. The van der Waals surface area contributed by atoms with E-state index in [1.165, 1.54) is 12.1 Å². The van der Waals surface area contributed by atoms with Crippen LogP contribution < -0.4 is 4.74 Å². The summed E-state index contributed by atoms with van der Waals surface area (Å²) in [6.45, 7) is 4.86. The molecule has 1 rings (SSSR count). The molecule has 0 N–H and O–H groups in total. The Balaban J connectivity index is 2.73. The first-order valence-corrected chi connectivity index (χ1v) is 6.58. The number of nitro groups is 1. The first-order valence-electron chi connectivity index (χ1n) is 6.04. The molecule has 0 amide bonds. The number of nitrogens with zero attached hydrogens (tertiary/aromatic N) is 1. The van der Waals surface area contributed by atoms with Crippen molar-refractivity contribution in [3.63, 3.8) is 0 Å². The number of halogens is 1. The van der Waals surface area contributed by atoms with Crippen molar-refractivity contribution in [1.82, 2.24) is 0 Å². The number of non-ortho nitro benzene ring substituents is 1. The molecular weight excluding hydrogens is 254 g/mol. The topological polar surface area (TPSA) is 52.4 Å². The van der Waals surface area contributed by atoms with E-state index < -0.39 is 4.92 Å². The second-order valence-corrected chi connectivity index (χ2v) is 4.65. The molecule has 0 spiro atoms. The van der Waals surface area contributed by atoms with E-state index in [0.29, 0.717) is 23.8 Å². The van der Waals surface area contributed by atoms with Gasteiger partial charge in [-0.05, 0) is 18.4 Å². The van der Waals surface area contributed by atoms with Gasteiger partial charge in [0.2, 0.25) is 0 Å². The summed E-state index contributed by atoms with van der Waals surface area (Å²) in [6, 6.07) is 4.53. The van der Waals surface area contributed by atoms with Crippen LogP contribution in [0.25, 0.3) is 0 Å². The van der Waals surface area contributed by atoms with Crippen LogP contribution in [-0.2, 0) is 5.88 Å². The smallest absolute Gasteiger partial charge is 0.270 e. The molecule has 0 saturated heterocycles. The van der Waals surface area contributed by atoms with Crippen molar-refractivity contribution in [3.8, 4) is 5.75 Å². The third kappa shape index (κ3) is 4.18. The van der Waals surface area contributed by atoms with Crippen LogP contribution in [-0.4, -0.2) is 11.5 Å². The summed E-state index contributed by atoms with van der Waals surface area (Å²) in [6.07, 6.45) is 2.22. The molecule has 0 aliphatic rings. The highest BCUT2D eigenvalue weighted by molar-refractivity contribution is 6.17. The number of alkyl halides is 1. The van der Waals surface area contributed by atoms with Gasteiger partial charge in [0.05, 0.1) is 17.4 Å². The Morgan fingerprint density at radius 3 is 2.78 bits per heavy atom. The van der Waals surface area contributed by atoms with Gasteiger partial charge < -0.3 is 4.74 Å². The molecule has 18 heavy (non-hydrogen) atoms. The van der Waals surface area contributed by atoms with Crippen molar-refractivity contribution < 1.29 is 9.66 Å². The Morgan fingerprint density at radius 1 is 1.50 bits per heavy atom. The van der Waals surface area contributed by atoms with E-state index in [1.807, 2.05) is 0 Å². The molecule has 0 aliphatic carbocycles. The molecule has 1 unspecified atom stereocenters. The van der Waals surface area contributed by atoms with E-state index in [1.54, 1.807) is 6.07 Å². The summed E-state index contributed by atoms with van der Waals surface area (Å²) in [5, 5.41) is 10.7. The summed E-state index contributed by atoms with van der Waals surface area (Å²) >= 11 is 5.78. The molecule has 1 aromatic carbocycles. The summed E-state index contributed by atoms with van der Waals surface area (Å²) < 4.78 is 5.67. The zero-order chi connectivity index (χ0) is 13.5. The fourth-order valence-electron chi connectivity index (χ4n) is 1.73. The third-order valence-electron chi connectivity index (χ3n) is 2.70. The summed E-state index contributed by atoms with van der Waals surface area (Å²) in [5.74, 6) is 1.31. The molecule has 0 fully saturated rings. The van der Waals surface area contributed by atoms with Crippen molar-refractivity contribution in [2.45, 2.75) is 32.6 Å². The van der Waals surface area contributed by atoms with Crippen molar-refractivity contribution >= 4 is 17.3 Å². The van der Waals surface area contributed by atoms with Gasteiger partial charge in [-0.15, -0.1) is 11.6 Å². The SMILES string of the molecule is CCCC(C)COc1ccc([N+](=O)[O-])cc1CCl. The molecule has 0 aromatic heterocycles. The summed E-state index contributed by atoms with van der Waals surface area (Å²) in [4.78, 5) is 10.2. The highest BCUT2D eigenvalue weighted by Crippen LogP contribution is 2.26. The normalized spacial score (nSPS) is 12.2. The summed E-state index contributed by atoms with van der Waals surface area (Å²) in [7, 11) is 0. The molecule has 0 aliphatic heterocycles. The van der Waals surface area contributed by atoms with E-state index in [0.717, 1.165) is 12.8 Å². The fourth-order valence-corrected chi connectivity index (χ4v) is 1.94. The standard InChI is InChI=1S/C13H18ClNO3/c1-3-4-10(2)9-18-13-6-5-12(15(16)17)7-11(13)8-14/h5-7,10H,3-4,8-9H2,1-2H3. The zero-order valence-electron chi connectivity index (χ0n) is 10.7. The predicted molar refractivity (Wildman–Crippen MR) is 72.2 cm³/mol. The largest absolute Gasteiger partial charge is 0.493 e. The number of benzene rings is 1. The minimum atomic E-state index is -0.431. The number of ether oxygens (including phenoxy) is 1. The van der Waals surface area contributed by atoms with E-state index in [9.17, 15) is 10.1 Å². The average Bonchev–Trinajstić information content (AvgIpc) is 2.36. The number of hydrogen-bond acceptors (Lipinski definition) is 3. The van der Waals surface area contributed by atoms with Gasteiger partial charge in [0.25, 0.3) is 5.69 Å². The maximum atomic E-state index is 10.7. The lowest BCUT2D eigenvalue weighted by Crippen LogP contribution is -2.09. The lowest BCUT2D eigenvalue weighted by atomic mass is 10.1. The molecular formula is C13H18ClNO3. The minimum absolute atomic E-state index is 0.0413. The van der Waals surface area contributed by atoms with Gasteiger partial charge in [0.15, 0.2) is 0 Å². The molecule has 1 atom stereocenters. The molecule has 0 bridgehead atoms. The summed E-state index contributed by atoms with van der Waals surface area (Å²) in [5.41, 5.74) is 0.703. The van der Waals surface area contributed by atoms with Gasteiger partial charge in [0, 0.05) is 17.7 Å². The number of rotatable bonds is 7. The number of hydrogen-bond donors (Lipinski definition) is 0. The highest BCUT2D eigenvalue weighted by Gasteiger charge is 2.12. The predicted octanol–water partition coefficient (Wildman–Crippen LogP) is 4.15. The second kappa shape index (κ2) is 7.21. The highest BCUT2D eigenvalue weighted by atomic mass is 35.5. The Morgan fingerprint density at radius 2 is 2.22 bits per heavy atom. The van der Waals surface area contributed by atoms with Crippen LogP contribution >= 0.6 is 11.6 Å².